The van der Waals surface area contributed by atoms with Gasteiger partial charge < -0.3 is 0 Å². The summed E-state index contributed by atoms with van der Waals surface area (Å²) in [6, 6.07) is 1.89. The van der Waals surface area contributed by atoms with Crippen LogP contribution in [0, 0.1) is 0 Å². The van der Waals surface area contributed by atoms with Crippen molar-refractivity contribution in [1.29, 1.82) is 0 Å². The molecule has 2 aromatic heterocycles. The Labute approximate surface area is 106 Å². The fourth-order valence-corrected chi connectivity index (χ4v) is 3.07. The van der Waals surface area contributed by atoms with Gasteiger partial charge in [0.25, 0.3) is 0 Å². The molecule has 0 spiro atoms. The highest BCUT2D eigenvalue weighted by molar-refractivity contribution is 9.10. The first-order valence-corrected chi connectivity index (χ1v) is 6.61. The summed E-state index contributed by atoms with van der Waals surface area (Å²) in [4.78, 5) is 13.0. The van der Waals surface area contributed by atoms with Gasteiger partial charge in [0, 0.05) is 17.7 Å². The number of ketones is 1. The van der Waals surface area contributed by atoms with E-state index >= 15 is 0 Å². The molecule has 0 aliphatic rings. The van der Waals surface area contributed by atoms with Gasteiger partial charge in [0.2, 0.25) is 5.78 Å². The molecule has 2 rings (SSSR count). The number of carbonyl (C=O) groups excluding carboxylic acids is 1. The second kappa shape index (κ2) is 4.51. The molecule has 0 atom stereocenters. The summed E-state index contributed by atoms with van der Waals surface area (Å²) in [6.45, 7) is 2.00. The van der Waals surface area contributed by atoms with Crippen LogP contribution >= 0.6 is 27.3 Å². The van der Waals surface area contributed by atoms with Gasteiger partial charge in [0.05, 0.1) is 16.1 Å². The van der Waals surface area contributed by atoms with Gasteiger partial charge in [-0.15, -0.1) is 11.3 Å². The van der Waals surface area contributed by atoms with E-state index in [4.69, 9.17) is 0 Å². The second-order valence-electron chi connectivity index (χ2n) is 3.44. The van der Waals surface area contributed by atoms with Gasteiger partial charge in [0.15, 0.2) is 0 Å². The van der Waals surface area contributed by atoms with Gasteiger partial charge in [-0.1, -0.05) is 6.92 Å². The third-order valence-corrected chi connectivity index (χ3v) is 4.14. The average molecular weight is 299 g/mol. The molecule has 0 aliphatic heterocycles. The van der Waals surface area contributed by atoms with Crippen LogP contribution in [0.1, 0.15) is 27.9 Å². The largest absolute Gasteiger partial charge is 0.288 e. The molecule has 0 N–H and O–H groups in total. The predicted molar refractivity (Wildman–Crippen MR) is 68.0 cm³/mol. The number of rotatable bonds is 3. The standard InChI is InChI=1S/C11H11BrN2OS/c1-3-9-7(6-14(2)13-9)10(15)11-8(12)4-5-16-11/h4-6H,3H2,1-2H3. The van der Waals surface area contributed by atoms with Crippen molar-refractivity contribution in [3.63, 3.8) is 0 Å². The normalized spacial score (nSPS) is 10.7. The molecule has 0 amide bonds. The second-order valence-corrected chi connectivity index (χ2v) is 5.21. The van der Waals surface area contributed by atoms with Crippen LogP contribution < -0.4 is 0 Å². The van der Waals surface area contributed by atoms with E-state index in [1.165, 1.54) is 11.3 Å². The van der Waals surface area contributed by atoms with E-state index in [9.17, 15) is 4.79 Å². The Morgan fingerprint density at radius 1 is 1.62 bits per heavy atom. The lowest BCUT2D eigenvalue weighted by atomic mass is 10.1. The summed E-state index contributed by atoms with van der Waals surface area (Å²) in [7, 11) is 1.83. The van der Waals surface area contributed by atoms with Crippen molar-refractivity contribution >= 4 is 33.0 Å². The fraction of sp³-hybridized carbons (Fsp3) is 0.273. The Bertz CT molecular complexity index is 530. The molecule has 0 radical (unpaired) electrons. The molecule has 0 aromatic carbocycles. The molecule has 0 saturated heterocycles. The third kappa shape index (κ3) is 1.97. The SMILES string of the molecule is CCc1nn(C)cc1C(=O)c1sccc1Br. The number of carbonyl (C=O) groups is 1. The smallest absolute Gasteiger partial charge is 0.207 e. The number of aromatic nitrogens is 2. The highest BCUT2D eigenvalue weighted by Gasteiger charge is 2.19. The highest BCUT2D eigenvalue weighted by Crippen LogP contribution is 2.26. The molecule has 0 bridgehead atoms. The lowest BCUT2D eigenvalue weighted by Crippen LogP contribution is -2.01. The molecule has 0 unspecified atom stereocenters. The van der Waals surface area contributed by atoms with Gasteiger partial charge in [-0.3, -0.25) is 9.48 Å². The molecule has 0 aliphatic carbocycles. The first-order valence-electron chi connectivity index (χ1n) is 4.93. The topological polar surface area (TPSA) is 34.9 Å². The van der Waals surface area contributed by atoms with Gasteiger partial charge in [-0.2, -0.15) is 5.10 Å². The van der Waals surface area contributed by atoms with Gasteiger partial charge >= 0.3 is 0 Å². The monoisotopic (exact) mass is 298 g/mol. The molecule has 2 heterocycles. The Kier molecular flexibility index (Phi) is 3.25. The van der Waals surface area contributed by atoms with E-state index in [0.29, 0.717) is 5.56 Å². The number of hydrogen-bond donors (Lipinski definition) is 0. The van der Waals surface area contributed by atoms with Crippen molar-refractivity contribution < 1.29 is 4.79 Å². The number of halogens is 1. The van der Waals surface area contributed by atoms with Gasteiger partial charge in [-0.25, -0.2) is 0 Å². The van der Waals surface area contributed by atoms with Crippen molar-refractivity contribution in [1.82, 2.24) is 9.78 Å². The first kappa shape index (κ1) is 11.5. The Hall–Kier alpha value is -0.940. The molecular weight excluding hydrogens is 288 g/mol. The lowest BCUT2D eigenvalue weighted by molar-refractivity contribution is 0.104. The average Bonchev–Trinajstić information content (AvgIpc) is 2.83. The summed E-state index contributed by atoms with van der Waals surface area (Å²) in [5.74, 6) is 0.0480. The maximum atomic E-state index is 12.2. The number of thiophene rings is 1. The first-order chi connectivity index (χ1) is 7.63. The maximum Gasteiger partial charge on any atom is 0.207 e. The molecule has 5 heteroatoms. The van der Waals surface area contributed by atoms with Crippen LogP contribution in [0.4, 0.5) is 0 Å². The van der Waals surface area contributed by atoms with Crippen molar-refractivity contribution in [2.45, 2.75) is 13.3 Å². The summed E-state index contributed by atoms with van der Waals surface area (Å²) >= 11 is 4.83. The lowest BCUT2D eigenvalue weighted by Gasteiger charge is -1.97. The highest BCUT2D eigenvalue weighted by atomic mass is 79.9. The van der Waals surface area contributed by atoms with E-state index in [1.54, 1.807) is 10.9 Å². The van der Waals surface area contributed by atoms with Crippen LogP contribution in [0.3, 0.4) is 0 Å². The summed E-state index contributed by atoms with van der Waals surface area (Å²) in [5, 5.41) is 6.18. The minimum Gasteiger partial charge on any atom is -0.288 e. The van der Waals surface area contributed by atoms with Crippen molar-refractivity contribution in [2.24, 2.45) is 7.05 Å². The van der Waals surface area contributed by atoms with E-state index in [2.05, 4.69) is 21.0 Å². The number of hydrogen-bond acceptors (Lipinski definition) is 3. The Balaban J connectivity index is 2.45. The van der Waals surface area contributed by atoms with Crippen LogP contribution in [0.25, 0.3) is 0 Å². The molecule has 16 heavy (non-hydrogen) atoms. The zero-order valence-corrected chi connectivity index (χ0v) is 11.4. The quantitative estimate of drug-likeness (QED) is 0.817. The number of aryl methyl sites for hydroxylation is 2. The zero-order valence-electron chi connectivity index (χ0n) is 9.03. The zero-order chi connectivity index (χ0) is 11.7. The number of nitrogens with zero attached hydrogens (tertiary/aromatic N) is 2. The van der Waals surface area contributed by atoms with E-state index < -0.39 is 0 Å². The van der Waals surface area contributed by atoms with Crippen LogP contribution in [0.2, 0.25) is 0 Å². The van der Waals surface area contributed by atoms with E-state index in [1.807, 2.05) is 25.4 Å². The van der Waals surface area contributed by atoms with Gasteiger partial charge in [0.1, 0.15) is 0 Å². The molecule has 2 aromatic rings. The molecule has 3 nitrogen and oxygen atoms in total. The van der Waals surface area contributed by atoms with Crippen molar-refractivity contribution in [2.75, 3.05) is 0 Å². The van der Waals surface area contributed by atoms with Crippen molar-refractivity contribution in [3.8, 4) is 0 Å². The van der Waals surface area contributed by atoms with Crippen molar-refractivity contribution in [3.05, 3.63) is 38.3 Å². The minimum atomic E-state index is 0.0480. The summed E-state index contributed by atoms with van der Waals surface area (Å²) in [5.41, 5.74) is 1.56. The molecular formula is C11H11BrN2OS. The van der Waals surface area contributed by atoms with E-state index in [-0.39, 0.29) is 5.78 Å². The van der Waals surface area contributed by atoms with Gasteiger partial charge in [-0.05, 0) is 33.8 Å². The maximum absolute atomic E-state index is 12.2. The van der Waals surface area contributed by atoms with Crippen LogP contribution in [0.15, 0.2) is 22.1 Å². The van der Waals surface area contributed by atoms with Crippen LogP contribution in [-0.4, -0.2) is 15.6 Å². The molecule has 0 saturated carbocycles. The summed E-state index contributed by atoms with van der Waals surface area (Å²) in [6.07, 6.45) is 2.55. The van der Waals surface area contributed by atoms with Crippen LogP contribution in [-0.2, 0) is 13.5 Å². The molecule has 84 valence electrons. The third-order valence-electron chi connectivity index (χ3n) is 2.31. The Morgan fingerprint density at radius 2 is 2.38 bits per heavy atom. The minimum absolute atomic E-state index is 0.0480. The summed E-state index contributed by atoms with van der Waals surface area (Å²) < 4.78 is 2.54. The Morgan fingerprint density at radius 3 is 2.94 bits per heavy atom. The fourth-order valence-electron chi connectivity index (χ4n) is 1.56. The predicted octanol–water partition coefficient (Wildman–Crippen LogP) is 3.04. The van der Waals surface area contributed by atoms with Crippen LogP contribution in [0.5, 0.6) is 0 Å². The molecule has 0 fully saturated rings. The van der Waals surface area contributed by atoms with E-state index in [0.717, 1.165) is 21.5 Å².